The largest absolute Gasteiger partial charge is 0.493 e. The van der Waals surface area contributed by atoms with E-state index in [0.29, 0.717) is 49.1 Å². The Morgan fingerprint density at radius 1 is 1.10 bits per heavy atom. The van der Waals surface area contributed by atoms with Crippen molar-refractivity contribution in [1.82, 2.24) is 25.6 Å². The molecule has 2 aromatic heterocycles. The summed E-state index contributed by atoms with van der Waals surface area (Å²) in [4.78, 5) is 13.3. The van der Waals surface area contributed by atoms with Crippen molar-refractivity contribution in [2.45, 2.75) is 19.6 Å². The van der Waals surface area contributed by atoms with Crippen LogP contribution in [-0.4, -0.2) is 48.8 Å². The molecule has 0 saturated carbocycles. The van der Waals surface area contributed by atoms with Crippen LogP contribution in [-0.2, 0) is 19.6 Å². The molecule has 0 radical (unpaired) electrons. The molecule has 0 atom stereocenters. The minimum atomic E-state index is -0.238. The van der Waals surface area contributed by atoms with Crippen molar-refractivity contribution in [3.8, 4) is 17.2 Å². The predicted octanol–water partition coefficient (Wildman–Crippen LogP) is 2.09. The SMILES string of the molecule is COc1ccc(CNCCn2cc(C(=O)NCc3cccs3)nn2)c(OC)c1OC. The minimum Gasteiger partial charge on any atom is -0.493 e. The topological polar surface area (TPSA) is 99.5 Å². The van der Waals surface area contributed by atoms with Gasteiger partial charge in [-0.1, -0.05) is 17.3 Å². The van der Waals surface area contributed by atoms with E-state index in [1.165, 1.54) is 0 Å². The molecule has 9 nitrogen and oxygen atoms in total. The standard InChI is InChI=1S/C20H25N5O4S/c1-27-17-7-6-14(18(28-2)19(17)29-3)11-21-8-9-25-13-16(23-24-25)20(26)22-12-15-5-4-10-30-15/h4-7,10,13,21H,8-9,11-12H2,1-3H3,(H,22,26). The van der Waals surface area contributed by atoms with Crippen LogP contribution >= 0.6 is 11.3 Å². The van der Waals surface area contributed by atoms with Gasteiger partial charge in [0.05, 0.1) is 40.6 Å². The molecule has 0 spiro atoms. The molecule has 30 heavy (non-hydrogen) atoms. The van der Waals surface area contributed by atoms with E-state index in [0.717, 1.165) is 10.4 Å². The first-order valence-electron chi connectivity index (χ1n) is 9.35. The average Bonchev–Trinajstić information content (AvgIpc) is 3.46. The molecule has 0 aliphatic heterocycles. The Balaban J connectivity index is 1.49. The third kappa shape index (κ3) is 5.28. The van der Waals surface area contributed by atoms with Crippen molar-refractivity contribution in [3.05, 3.63) is 52.0 Å². The van der Waals surface area contributed by atoms with Crippen LogP contribution in [0.2, 0.25) is 0 Å². The highest BCUT2D eigenvalue weighted by atomic mass is 32.1. The number of nitrogens with zero attached hydrogens (tertiary/aromatic N) is 3. The van der Waals surface area contributed by atoms with Crippen molar-refractivity contribution >= 4 is 17.2 Å². The summed E-state index contributed by atoms with van der Waals surface area (Å²) in [6.07, 6.45) is 1.64. The van der Waals surface area contributed by atoms with Crippen molar-refractivity contribution < 1.29 is 19.0 Å². The number of rotatable bonds is 11. The molecule has 0 unspecified atom stereocenters. The maximum absolute atomic E-state index is 12.2. The van der Waals surface area contributed by atoms with Gasteiger partial charge in [0.2, 0.25) is 5.75 Å². The van der Waals surface area contributed by atoms with Gasteiger partial charge < -0.3 is 24.8 Å². The Morgan fingerprint density at radius 3 is 2.63 bits per heavy atom. The smallest absolute Gasteiger partial charge is 0.273 e. The Labute approximate surface area is 179 Å². The third-order valence-electron chi connectivity index (χ3n) is 4.39. The quantitative estimate of drug-likeness (QED) is 0.449. The van der Waals surface area contributed by atoms with Gasteiger partial charge in [0.15, 0.2) is 17.2 Å². The molecule has 3 rings (SSSR count). The number of hydrogen-bond donors (Lipinski definition) is 2. The number of amides is 1. The van der Waals surface area contributed by atoms with Gasteiger partial charge in [-0.05, 0) is 17.5 Å². The first-order valence-corrected chi connectivity index (χ1v) is 10.2. The highest BCUT2D eigenvalue weighted by Crippen LogP contribution is 2.39. The zero-order chi connectivity index (χ0) is 21.3. The van der Waals surface area contributed by atoms with Crippen molar-refractivity contribution in [2.24, 2.45) is 0 Å². The number of methoxy groups -OCH3 is 3. The monoisotopic (exact) mass is 431 g/mol. The summed E-state index contributed by atoms with van der Waals surface area (Å²) in [5.41, 5.74) is 1.25. The number of ether oxygens (including phenoxy) is 3. The summed E-state index contributed by atoms with van der Waals surface area (Å²) in [5, 5.41) is 16.1. The molecule has 2 heterocycles. The molecular formula is C20H25N5O4S. The maximum atomic E-state index is 12.2. The predicted molar refractivity (Wildman–Crippen MR) is 113 cm³/mol. The maximum Gasteiger partial charge on any atom is 0.273 e. The molecule has 0 aliphatic carbocycles. The number of carbonyl (C=O) groups excluding carboxylic acids is 1. The van der Waals surface area contributed by atoms with Gasteiger partial charge >= 0.3 is 0 Å². The van der Waals surface area contributed by atoms with Crippen LogP contribution in [0.4, 0.5) is 0 Å². The van der Waals surface area contributed by atoms with Gasteiger partial charge in [0.25, 0.3) is 5.91 Å². The molecule has 10 heteroatoms. The number of hydrogen-bond acceptors (Lipinski definition) is 8. The number of benzene rings is 1. The van der Waals surface area contributed by atoms with Crippen LogP contribution < -0.4 is 24.8 Å². The molecule has 1 amide bonds. The summed E-state index contributed by atoms with van der Waals surface area (Å²) in [7, 11) is 4.77. The van der Waals surface area contributed by atoms with E-state index in [-0.39, 0.29) is 5.91 Å². The van der Waals surface area contributed by atoms with Crippen LogP contribution in [0.25, 0.3) is 0 Å². The molecule has 1 aromatic carbocycles. The van der Waals surface area contributed by atoms with Crippen LogP contribution in [0.15, 0.2) is 35.8 Å². The number of thiophene rings is 1. The first-order chi connectivity index (χ1) is 14.7. The van der Waals surface area contributed by atoms with Gasteiger partial charge in [-0.15, -0.1) is 16.4 Å². The van der Waals surface area contributed by atoms with Crippen LogP contribution in [0.5, 0.6) is 17.2 Å². The molecule has 0 bridgehead atoms. The molecule has 0 aliphatic rings. The van der Waals surface area contributed by atoms with E-state index < -0.39 is 0 Å². The number of nitrogens with one attached hydrogen (secondary N) is 2. The summed E-state index contributed by atoms with van der Waals surface area (Å²) in [6.45, 7) is 2.27. The van der Waals surface area contributed by atoms with Gasteiger partial charge in [-0.2, -0.15) is 0 Å². The van der Waals surface area contributed by atoms with Gasteiger partial charge in [-0.3, -0.25) is 9.48 Å². The molecule has 160 valence electrons. The fourth-order valence-corrected chi connectivity index (χ4v) is 3.55. The average molecular weight is 432 g/mol. The molecule has 0 saturated heterocycles. The van der Waals surface area contributed by atoms with E-state index in [2.05, 4.69) is 20.9 Å². The third-order valence-corrected chi connectivity index (χ3v) is 5.27. The van der Waals surface area contributed by atoms with Gasteiger partial charge in [0, 0.05) is 23.5 Å². The Kier molecular flexibility index (Phi) is 7.63. The molecular weight excluding hydrogens is 406 g/mol. The zero-order valence-corrected chi connectivity index (χ0v) is 18.0. The Hall–Kier alpha value is -3.11. The first kappa shape index (κ1) is 21.6. The Morgan fingerprint density at radius 2 is 1.93 bits per heavy atom. The lowest BCUT2D eigenvalue weighted by atomic mass is 10.1. The van der Waals surface area contributed by atoms with Crippen molar-refractivity contribution in [1.29, 1.82) is 0 Å². The van der Waals surface area contributed by atoms with Gasteiger partial charge in [0.1, 0.15) is 0 Å². The molecule has 0 fully saturated rings. The van der Waals surface area contributed by atoms with E-state index in [4.69, 9.17) is 14.2 Å². The number of aromatic nitrogens is 3. The van der Waals surface area contributed by atoms with Crippen molar-refractivity contribution in [3.63, 3.8) is 0 Å². The van der Waals surface area contributed by atoms with E-state index >= 15 is 0 Å². The second kappa shape index (κ2) is 10.6. The fourth-order valence-electron chi connectivity index (χ4n) is 2.90. The zero-order valence-electron chi connectivity index (χ0n) is 17.2. The summed E-state index contributed by atoms with van der Waals surface area (Å²) < 4.78 is 17.8. The Bertz CT molecular complexity index is 958. The summed E-state index contributed by atoms with van der Waals surface area (Å²) in [5.74, 6) is 1.58. The molecule has 2 N–H and O–H groups in total. The van der Waals surface area contributed by atoms with Crippen LogP contribution in [0.3, 0.4) is 0 Å². The summed E-state index contributed by atoms with van der Waals surface area (Å²) >= 11 is 1.60. The van der Waals surface area contributed by atoms with Crippen LogP contribution in [0, 0.1) is 0 Å². The van der Waals surface area contributed by atoms with E-state index in [1.807, 2.05) is 29.6 Å². The summed E-state index contributed by atoms with van der Waals surface area (Å²) in [6, 6.07) is 7.70. The van der Waals surface area contributed by atoms with Gasteiger partial charge in [-0.25, -0.2) is 0 Å². The molecule has 3 aromatic rings. The normalized spacial score (nSPS) is 10.6. The van der Waals surface area contributed by atoms with E-state index in [1.54, 1.807) is 43.5 Å². The lowest BCUT2D eigenvalue weighted by Gasteiger charge is -2.16. The van der Waals surface area contributed by atoms with Crippen molar-refractivity contribution in [2.75, 3.05) is 27.9 Å². The highest BCUT2D eigenvalue weighted by Gasteiger charge is 2.15. The fraction of sp³-hybridized carbons (Fsp3) is 0.350. The second-order valence-electron chi connectivity index (χ2n) is 6.30. The van der Waals surface area contributed by atoms with Crippen LogP contribution in [0.1, 0.15) is 20.9 Å². The second-order valence-corrected chi connectivity index (χ2v) is 7.33. The lowest BCUT2D eigenvalue weighted by Crippen LogP contribution is -2.22. The highest BCUT2D eigenvalue weighted by molar-refractivity contribution is 7.09. The minimum absolute atomic E-state index is 0.238. The van der Waals surface area contributed by atoms with E-state index in [9.17, 15) is 4.79 Å². The number of carbonyl (C=O) groups is 1. The lowest BCUT2D eigenvalue weighted by molar-refractivity contribution is 0.0946.